The number of nitrogens with two attached hydrogens (primary N) is 1. The molecule has 0 spiro atoms. The molecular weight excluding hydrogens is 196 g/mol. The Morgan fingerprint density at radius 3 is 2.40 bits per heavy atom. The Morgan fingerprint density at radius 1 is 1.47 bits per heavy atom. The molecule has 1 saturated heterocycles. The van der Waals surface area contributed by atoms with Gasteiger partial charge < -0.3 is 15.7 Å². The maximum atomic E-state index is 11.6. The summed E-state index contributed by atoms with van der Waals surface area (Å²) in [4.78, 5) is 23.7. The van der Waals surface area contributed by atoms with Gasteiger partial charge in [0.05, 0.1) is 12.0 Å². The van der Waals surface area contributed by atoms with Crippen LogP contribution in [0.25, 0.3) is 0 Å². The van der Waals surface area contributed by atoms with Crippen molar-refractivity contribution in [3.63, 3.8) is 0 Å². The molecule has 1 aliphatic heterocycles. The summed E-state index contributed by atoms with van der Waals surface area (Å²) in [5, 5.41) is 8.65. The fraction of sp³-hybridized carbons (Fsp3) is 0.800. The molecule has 0 aromatic heterocycles. The Hall–Kier alpha value is -1.10. The van der Waals surface area contributed by atoms with Crippen LogP contribution in [0.1, 0.15) is 20.3 Å². The maximum absolute atomic E-state index is 11.6. The summed E-state index contributed by atoms with van der Waals surface area (Å²) < 4.78 is 0. The summed E-state index contributed by atoms with van der Waals surface area (Å²) in [6.45, 7) is 4.62. The number of carboxylic acid groups (broad SMARTS) is 1. The highest BCUT2D eigenvalue weighted by atomic mass is 16.4. The predicted molar refractivity (Wildman–Crippen MR) is 55.1 cm³/mol. The first-order chi connectivity index (χ1) is 6.91. The van der Waals surface area contributed by atoms with Gasteiger partial charge in [0.1, 0.15) is 0 Å². The van der Waals surface area contributed by atoms with Gasteiger partial charge in [-0.05, 0) is 12.3 Å². The van der Waals surface area contributed by atoms with Crippen LogP contribution in [0, 0.1) is 11.8 Å². The molecule has 1 rings (SSSR count). The molecule has 1 amide bonds. The van der Waals surface area contributed by atoms with Gasteiger partial charge >= 0.3 is 5.97 Å². The van der Waals surface area contributed by atoms with E-state index in [1.54, 1.807) is 0 Å². The lowest BCUT2D eigenvalue weighted by Gasteiger charge is -2.38. The minimum Gasteiger partial charge on any atom is -0.481 e. The summed E-state index contributed by atoms with van der Waals surface area (Å²) in [5.41, 5.74) is 5.71. The number of amides is 1. The highest BCUT2D eigenvalue weighted by Crippen LogP contribution is 2.17. The number of hydrogen-bond donors (Lipinski definition) is 2. The lowest BCUT2D eigenvalue weighted by atomic mass is 9.97. The molecule has 15 heavy (non-hydrogen) atoms. The van der Waals surface area contributed by atoms with Crippen LogP contribution >= 0.6 is 0 Å². The van der Waals surface area contributed by atoms with Crippen molar-refractivity contribution < 1.29 is 14.7 Å². The topological polar surface area (TPSA) is 83.6 Å². The number of carbonyl (C=O) groups excluding carboxylic acids is 1. The predicted octanol–water partition coefficient (Wildman–Crippen LogP) is -0.0972. The number of aliphatic carboxylic acids is 1. The van der Waals surface area contributed by atoms with Crippen molar-refractivity contribution in [3.8, 4) is 0 Å². The van der Waals surface area contributed by atoms with Gasteiger partial charge in [-0.15, -0.1) is 0 Å². The third-order valence-corrected chi connectivity index (χ3v) is 2.58. The first kappa shape index (κ1) is 12.0. The average molecular weight is 214 g/mol. The number of carbonyl (C=O) groups is 2. The van der Waals surface area contributed by atoms with Crippen LogP contribution in [0.3, 0.4) is 0 Å². The van der Waals surface area contributed by atoms with Crippen molar-refractivity contribution in [2.24, 2.45) is 17.6 Å². The van der Waals surface area contributed by atoms with Gasteiger partial charge in [0.2, 0.25) is 5.91 Å². The zero-order chi connectivity index (χ0) is 11.6. The quantitative estimate of drug-likeness (QED) is 0.684. The Balaban J connectivity index is 2.34. The van der Waals surface area contributed by atoms with Crippen molar-refractivity contribution in [3.05, 3.63) is 0 Å². The van der Waals surface area contributed by atoms with Gasteiger partial charge in [-0.1, -0.05) is 13.8 Å². The monoisotopic (exact) mass is 214 g/mol. The van der Waals surface area contributed by atoms with E-state index < -0.39 is 17.9 Å². The molecule has 0 bridgehead atoms. The Kier molecular flexibility index (Phi) is 3.68. The summed E-state index contributed by atoms with van der Waals surface area (Å²) in [7, 11) is 0. The largest absolute Gasteiger partial charge is 0.481 e. The van der Waals surface area contributed by atoms with E-state index >= 15 is 0 Å². The number of likely N-dealkylation sites (tertiary alicyclic amines) is 1. The number of carboxylic acids is 1. The molecule has 3 N–H and O–H groups in total. The van der Waals surface area contributed by atoms with E-state index in [4.69, 9.17) is 10.8 Å². The van der Waals surface area contributed by atoms with Crippen LogP contribution in [-0.4, -0.2) is 41.0 Å². The van der Waals surface area contributed by atoms with Crippen molar-refractivity contribution in [1.29, 1.82) is 0 Å². The summed E-state index contributed by atoms with van der Waals surface area (Å²) >= 11 is 0. The van der Waals surface area contributed by atoms with Crippen LogP contribution in [0.15, 0.2) is 0 Å². The molecule has 1 fully saturated rings. The second-order valence-corrected chi connectivity index (χ2v) is 4.51. The molecule has 0 radical (unpaired) electrons. The summed E-state index contributed by atoms with van der Waals surface area (Å²) in [6.07, 6.45) is 0.646. The Labute approximate surface area is 89.2 Å². The second-order valence-electron chi connectivity index (χ2n) is 4.51. The molecule has 86 valence electrons. The minimum atomic E-state index is -0.837. The number of rotatable bonds is 4. The molecule has 1 heterocycles. The first-order valence-corrected chi connectivity index (χ1v) is 5.19. The average Bonchev–Trinajstić information content (AvgIpc) is 1.98. The van der Waals surface area contributed by atoms with Crippen LogP contribution < -0.4 is 5.73 Å². The fourth-order valence-corrected chi connectivity index (χ4v) is 1.66. The minimum absolute atomic E-state index is 0.124. The Morgan fingerprint density at radius 2 is 2.00 bits per heavy atom. The van der Waals surface area contributed by atoms with Gasteiger partial charge in [-0.2, -0.15) is 0 Å². The molecule has 1 aliphatic rings. The second kappa shape index (κ2) is 4.61. The maximum Gasteiger partial charge on any atom is 0.310 e. The zero-order valence-corrected chi connectivity index (χ0v) is 9.14. The Bertz CT molecular complexity index is 259. The van der Waals surface area contributed by atoms with Crippen molar-refractivity contribution in [1.82, 2.24) is 4.90 Å². The lowest BCUT2D eigenvalue weighted by molar-refractivity contribution is -0.153. The van der Waals surface area contributed by atoms with E-state index in [9.17, 15) is 9.59 Å². The lowest BCUT2D eigenvalue weighted by Crippen LogP contribution is -2.57. The first-order valence-electron chi connectivity index (χ1n) is 5.19. The molecule has 5 heteroatoms. The third-order valence-electron chi connectivity index (χ3n) is 2.58. The summed E-state index contributed by atoms with van der Waals surface area (Å²) in [5.74, 6) is -0.988. The normalized spacial score (nSPS) is 18.8. The zero-order valence-electron chi connectivity index (χ0n) is 9.14. The highest BCUT2D eigenvalue weighted by Gasteiger charge is 2.37. The van der Waals surface area contributed by atoms with E-state index in [1.165, 1.54) is 4.90 Å². The summed E-state index contributed by atoms with van der Waals surface area (Å²) in [6, 6.07) is -0.486. The van der Waals surface area contributed by atoms with Crippen molar-refractivity contribution >= 4 is 11.9 Å². The molecular formula is C10H18N2O3. The molecule has 0 aromatic rings. The van der Waals surface area contributed by atoms with Crippen LogP contribution in [0.4, 0.5) is 0 Å². The SMILES string of the molecule is CC(C)C[C@@H](N)C(=O)N1CC(C(=O)O)C1. The third kappa shape index (κ3) is 2.92. The van der Waals surface area contributed by atoms with Crippen LogP contribution in [-0.2, 0) is 9.59 Å². The van der Waals surface area contributed by atoms with Gasteiger partial charge in [-0.25, -0.2) is 0 Å². The van der Waals surface area contributed by atoms with E-state index in [-0.39, 0.29) is 5.91 Å². The number of hydrogen-bond acceptors (Lipinski definition) is 3. The molecule has 0 saturated carbocycles. The molecule has 0 unspecified atom stereocenters. The molecule has 0 aliphatic carbocycles. The smallest absolute Gasteiger partial charge is 0.310 e. The standard InChI is InChI=1S/C10H18N2O3/c1-6(2)3-8(11)9(13)12-4-7(5-12)10(14)15/h6-8H,3-5,11H2,1-2H3,(H,14,15)/t8-/m1/s1. The van der Waals surface area contributed by atoms with E-state index in [0.29, 0.717) is 25.4 Å². The van der Waals surface area contributed by atoms with Crippen LogP contribution in [0.2, 0.25) is 0 Å². The highest BCUT2D eigenvalue weighted by molar-refractivity contribution is 5.84. The van der Waals surface area contributed by atoms with Gasteiger partial charge in [0.15, 0.2) is 0 Å². The van der Waals surface area contributed by atoms with E-state index in [1.807, 2.05) is 13.8 Å². The van der Waals surface area contributed by atoms with Gasteiger partial charge in [-0.3, -0.25) is 9.59 Å². The van der Waals surface area contributed by atoms with Gasteiger partial charge in [0.25, 0.3) is 0 Å². The molecule has 5 nitrogen and oxygen atoms in total. The van der Waals surface area contributed by atoms with Crippen molar-refractivity contribution in [2.45, 2.75) is 26.3 Å². The van der Waals surface area contributed by atoms with E-state index in [0.717, 1.165) is 0 Å². The fourth-order valence-electron chi connectivity index (χ4n) is 1.66. The van der Waals surface area contributed by atoms with Crippen LogP contribution in [0.5, 0.6) is 0 Å². The number of nitrogens with zero attached hydrogens (tertiary/aromatic N) is 1. The van der Waals surface area contributed by atoms with Gasteiger partial charge in [0, 0.05) is 13.1 Å². The van der Waals surface area contributed by atoms with Crippen molar-refractivity contribution in [2.75, 3.05) is 13.1 Å². The molecule has 0 aromatic carbocycles. The van der Waals surface area contributed by atoms with E-state index in [2.05, 4.69) is 0 Å². The molecule has 1 atom stereocenters.